The third-order valence-electron chi connectivity index (χ3n) is 2.35. The van der Waals surface area contributed by atoms with Gasteiger partial charge in [-0.2, -0.15) is 0 Å². The van der Waals surface area contributed by atoms with E-state index < -0.39 is 0 Å². The van der Waals surface area contributed by atoms with E-state index in [2.05, 4.69) is 39.2 Å². The van der Waals surface area contributed by atoms with Gasteiger partial charge in [-0.15, -0.1) is 0 Å². The van der Waals surface area contributed by atoms with E-state index in [0.29, 0.717) is 0 Å². The highest BCUT2D eigenvalue weighted by atomic mass is 15.2. The summed E-state index contributed by atoms with van der Waals surface area (Å²) in [5.74, 6) is 2.61. The van der Waals surface area contributed by atoms with Crippen LogP contribution in [-0.4, -0.2) is 56.1 Å². The van der Waals surface area contributed by atoms with Crippen LogP contribution in [0.15, 0.2) is 6.07 Å². The first kappa shape index (κ1) is 12.7. The van der Waals surface area contributed by atoms with Crippen molar-refractivity contribution in [2.45, 2.75) is 6.92 Å². The van der Waals surface area contributed by atoms with Crippen molar-refractivity contribution in [3.8, 4) is 0 Å². The van der Waals surface area contributed by atoms with Gasteiger partial charge in [0.05, 0.1) is 0 Å². The predicted octanol–water partition coefficient (Wildman–Crippen LogP) is 0.825. The van der Waals surface area contributed by atoms with Gasteiger partial charge < -0.3 is 15.1 Å². The first-order chi connectivity index (χ1) is 7.52. The Bertz CT molecular complexity index is 337. The van der Waals surface area contributed by atoms with Crippen LogP contribution in [0.4, 0.5) is 11.6 Å². The van der Waals surface area contributed by atoms with Crippen molar-refractivity contribution in [3.63, 3.8) is 0 Å². The van der Waals surface area contributed by atoms with Gasteiger partial charge in [-0.3, -0.25) is 0 Å². The predicted molar refractivity (Wildman–Crippen MR) is 68.1 cm³/mol. The van der Waals surface area contributed by atoms with Crippen LogP contribution in [0, 0.1) is 6.92 Å². The molecule has 0 atom stereocenters. The summed E-state index contributed by atoms with van der Waals surface area (Å²) in [4.78, 5) is 13.0. The molecule has 5 heteroatoms. The molecule has 90 valence electrons. The smallest absolute Gasteiger partial charge is 0.134 e. The summed E-state index contributed by atoms with van der Waals surface area (Å²) in [5.41, 5.74) is 0. The summed E-state index contributed by atoms with van der Waals surface area (Å²) in [6.07, 6.45) is 0. The number of aryl methyl sites for hydroxylation is 1. The third kappa shape index (κ3) is 3.66. The van der Waals surface area contributed by atoms with E-state index in [1.54, 1.807) is 0 Å². The third-order valence-corrected chi connectivity index (χ3v) is 2.35. The van der Waals surface area contributed by atoms with E-state index >= 15 is 0 Å². The molecule has 0 aromatic carbocycles. The zero-order valence-corrected chi connectivity index (χ0v) is 10.8. The fraction of sp³-hybridized carbons (Fsp3) is 0.636. The van der Waals surface area contributed by atoms with Crippen LogP contribution >= 0.6 is 0 Å². The first-order valence-electron chi connectivity index (χ1n) is 5.42. The highest BCUT2D eigenvalue weighted by Crippen LogP contribution is 2.13. The van der Waals surface area contributed by atoms with Crippen LogP contribution in [0.3, 0.4) is 0 Å². The molecule has 0 aliphatic carbocycles. The van der Waals surface area contributed by atoms with Crippen molar-refractivity contribution in [2.75, 3.05) is 51.5 Å². The van der Waals surface area contributed by atoms with Crippen molar-refractivity contribution in [3.05, 3.63) is 11.9 Å². The Balaban J connectivity index is 2.74. The van der Waals surface area contributed by atoms with E-state index in [1.165, 1.54) is 0 Å². The van der Waals surface area contributed by atoms with Gasteiger partial charge in [0, 0.05) is 33.3 Å². The molecule has 0 saturated heterocycles. The number of rotatable bonds is 5. The van der Waals surface area contributed by atoms with Crippen LogP contribution < -0.4 is 10.2 Å². The van der Waals surface area contributed by atoms with Gasteiger partial charge in [0.2, 0.25) is 0 Å². The molecule has 0 aliphatic heterocycles. The molecular formula is C11H21N5. The zero-order chi connectivity index (χ0) is 12.1. The van der Waals surface area contributed by atoms with Crippen LogP contribution in [0.1, 0.15) is 5.82 Å². The average Bonchev–Trinajstić information content (AvgIpc) is 2.24. The molecule has 0 fully saturated rings. The summed E-state index contributed by atoms with van der Waals surface area (Å²) in [7, 11) is 8.05. The molecule has 0 amide bonds. The van der Waals surface area contributed by atoms with Gasteiger partial charge >= 0.3 is 0 Å². The number of hydrogen-bond donors (Lipinski definition) is 1. The first-order valence-corrected chi connectivity index (χ1v) is 5.42. The summed E-state index contributed by atoms with van der Waals surface area (Å²) in [6.45, 7) is 3.87. The standard InChI is InChI=1S/C11H21N5/c1-9-13-10(12-2)8-11(14-9)16(5)7-6-15(3)4/h8H,6-7H2,1-5H3,(H,12,13,14). The average molecular weight is 223 g/mol. The van der Waals surface area contributed by atoms with Gasteiger partial charge in [-0.05, 0) is 21.0 Å². The Kier molecular flexibility index (Phi) is 4.49. The lowest BCUT2D eigenvalue weighted by molar-refractivity contribution is 0.416. The number of likely N-dealkylation sites (N-methyl/N-ethyl adjacent to an activating group) is 2. The van der Waals surface area contributed by atoms with Gasteiger partial charge in [-0.1, -0.05) is 0 Å². The molecule has 0 unspecified atom stereocenters. The number of nitrogens with one attached hydrogen (secondary N) is 1. The Hall–Kier alpha value is -1.36. The van der Waals surface area contributed by atoms with Gasteiger partial charge in [-0.25, -0.2) is 9.97 Å². The highest BCUT2D eigenvalue weighted by molar-refractivity contribution is 5.48. The zero-order valence-electron chi connectivity index (χ0n) is 10.8. The molecule has 16 heavy (non-hydrogen) atoms. The molecule has 0 radical (unpaired) electrons. The Morgan fingerprint density at radius 2 is 1.88 bits per heavy atom. The maximum atomic E-state index is 4.42. The van der Waals surface area contributed by atoms with Crippen LogP contribution in [0.5, 0.6) is 0 Å². The topological polar surface area (TPSA) is 44.3 Å². The number of aromatic nitrogens is 2. The molecular weight excluding hydrogens is 202 g/mol. The molecule has 0 spiro atoms. The van der Waals surface area contributed by atoms with Crippen molar-refractivity contribution < 1.29 is 0 Å². The molecule has 1 aromatic rings. The minimum atomic E-state index is 0.790. The molecule has 0 aliphatic rings. The lowest BCUT2D eigenvalue weighted by atomic mass is 10.4. The summed E-state index contributed by atoms with van der Waals surface area (Å²) in [6, 6.07) is 1.96. The van der Waals surface area contributed by atoms with Crippen molar-refractivity contribution in [1.82, 2.24) is 14.9 Å². The fourth-order valence-corrected chi connectivity index (χ4v) is 1.34. The molecule has 1 rings (SSSR count). The number of hydrogen-bond acceptors (Lipinski definition) is 5. The highest BCUT2D eigenvalue weighted by Gasteiger charge is 2.05. The lowest BCUT2D eigenvalue weighted by Crippen LogP contribution is -2.29. The lowest BCUT2D eigenvalue weighted by Gasteiger charge is -2.21. The molecule has 0 bridgehead atoms. The molecule has 1 aromatic heterocycles. The second-order valence-corrected chi connectivity index (χ2v) is 4.13. The largest absolute Gasteiger partial charge is 0.373 e. The second-order valence-electron chi connectivity index (χ2n) is 4.13. The molecule has 1 N–H and O–H groups in total. The summed E-state index contributed by atoms with van der Waals surface area (Å²) in [5, 5.41) is 3.04. The normalized spacial score (nSPS) is 10.6. The Morgan fingerprint density at radius 1 is 1.19 bits per heavy atom. The van der Waals surface area contributed by atoms with Gasteiger partial charge in [0.15, 0.2) is 0 Å². The molecule has 0 saturated carbocycles. The summed E-state index contributed by atoms with van der Waals surface area (Å²) < 4.78 is 0. The van der Waals surface area contributed by atoms with E-state index in [4.69, 9.17) is 0 Å². The van der Waals surface area contributed by atoms with Crippen molar-refractivity contribution in [2.24, 2.45) is 0 Å². The second kappa shape index (κ2) is 5.65. The Labute approximate surface area is 97.5 Å². The van der Waals surface area contributed by atoms with E-state index in [0.717, 1.165) is 30.5 Å². The maximum absolute atomic E-state index is 4.42. The van der Waals surface area contributed by atoms with Crippen LogP contribution in [0.2, 0.25) is 0 Å². The number of nitrogens with zero attached hydrogens (tertiary/aromatic N) is 4. The monoisotopic (exact) mass is 223 g/mol. The summed E-state index contributed by atoms with van der Waals surface area (Å²) >= 11 is 0. The fourth-order valence-electron chi connectivity index (χ4n) is 1.34. The van der Waals surface area contributed by atoms with Crippen LogP contribution in [0.25, 0.3) is 0 Å². The number of anilines is 2. The minimum Gasteiger partial charge on any atom is -0.373 e. The minimum absolute atomic E-state index is 0.790. The van der Waals surface area contributed by atoms with Crippen molar-refractivity contribution in [1.29, 1.82) is 0 Å². The Morgan fingerprint density at radius 3 is 2.44 bits per heavy atom. The molecule has 1 heterocycles. The van der Waals surface area contributed by atoms with E-state index in [-0.39, 0.29) is 0 Å². The maximum Gasteiger partial charge on any atom is 0.134 e. The van der Waals surface area contributed by atoms with E-state index in [1.807, 2.05) is 27.1 Å². The van der Waals surface area contributed by atoms with Crippen molar-refractivity contribution >= 4 is 11.6 Å². The van der Waals surface area contributed by atoms with Crippen LogP contribution in [-0.2, 0) is 0 Å². The van der Waals surface area contributed by atoms with E-state index in [9.17, 15) is 0 Å². The quantitative estimate of drug-likeness (QED) is 0.801. The SMILES string of the molecule is CNc1cc(N(C)CCN(C)C)nc(C)n1. The van der Waals surface area contributed by atoms with Gasteiger partial charge in [0.25, 0.3) is 0 Å². The van der Waals surface area contributed by atoms with Gasteiger partial charge in [0.1, 0.15) is 17.5 Å². The molecule has 5 nitrogen and oxygen atoms in total.